The van der Waals surface area contributed by atoms with Gasteiger partial charge in [0.2, 0.25) is 0 Å². The first-order chi connectivity index (χ1) is 12.6. The Morgan fingerprint density at radius 1 is 1.12 bits per heavy atom. The monoisotopic (exact) mass is 362 g/mol. The first-order valence-electron chi connectivity index (χ1n) is 8.50. The molecule has 0 aliphatic rings. The van der Waals surface area contributed by atoms with Crippen LogP contribution >= 0.6 is 0 Å². The van der Waals surface area contributed by atoms with Gasteiger partial charge in [-0.1, -0.05) is 12.1 Å². The van der Waals surface area contributed by atoms with Gasteiger partial charge in [0.25, 0.3) is 0 Å². The van der Waals surface area contributed by atoms with Crippen LogP contribution in [0.3, 0.4) is 0 Å². The number of hydrogen-bond acceptors (Lipinski definition) is 5. The van der Waals surface area contributed by atoms with Crippen molar-refractivity contribution >= 4 is 5.69 Å². The van der Waals surface area contributed by atoms with Crippen molar-refractivity contribution in [1.29, 1.82) is 0 Å². The summed E-state index contributed by atoms with van der Waals surface area (Å²) in [6, 6.07) is 11.2. The van der Waals surface area contributed by atoms with Gasteiger partial charge in [0.1, 0.15) is 18.2 Å². The number of methoxy groups -OCH3 is 1. The zero-order valence-electron chi connectivity index (χ0n) is 14.7. The Hall–Kier alpha value is -2.67. The number of nitro benzene ring substituents is 1. The molecule has 2 aromatic carbocycles. The van der Waals surface area contributed by atoms with Crippen LogP contribution in [0.4, 0.5) is 10.1 Å². The number of nitrogens with one attached hydrogen (secondary N) is 1. The van der Waals surface area contributed by atoms with Crippen molar-refractivity contribution in [2.75, 3.05) is 26.8 Å². The largest absolute Gasteiger partial charge is 0.497 e. The van der Waals surface area contributed by atoms with Crippen LogP contribution in [0.15, 0.2) is 42.5 Å². The van der Waals surface area contributed by atoms with Crippen molar-refractivity contribution in [3.05, 3.63) is 64.0 Å². The Balaban J connectivity index is 1.59. The van der Waals surface area contributed by atoms with E-state index in [-0.39, 0.29) is 18.0 Å². The van der Waals surface area contributed by atoms with Crippen LogP contribution in [0, 0.1) is 15.9 Å². The van der Waals surface area contributed by atoms with Crippen LogP contribution in [0.1, 0.15) is 18.4 Å². The van der Waals surface area contributed by atoms with E-state index in [2.05, 4.69) is 17.4 Å². The highest BCUT2D eigenvalue weighted by molar-refractivity contribution is 5.46. The molecule has 2 aromatic rings. The lowest BCUT2D eigenvalue weighted by molar-refractivity contribution is -0.385. The molecule has 6 nitrogen and oxygen atoms in total. The highest BCUT2D eigenvalue weighted by Crippen LogP contribution is 2.27. The van der Waals surface area contributed by atoms with Crippen molar-refractivity contribution in [3.8, 4) is 11.5 Å². The van der Waals surface area contributed by atoms with E-state index < -0.39 is 10.7 Å². The number of aryl methyl sites for hydroxylation is 1. The average Bonchev–Trinajstić information content (AvgIpc) is 2.64. The minimum absolute atomic E-state index is 0.0451. The maximum absolute atomic E-state index is 13.2. The summed E-state index contributed by atoms with van der Waals surface area (Å²) in [4.78, 5) is 10.3. The number of nitro groups is 1. The Bertz CT molecular complexity index is 707. The molecule has 0 amide bonds. The third kappa shape index (κ3) is 6.33. The van der Waals surface area contributed by atoms with Gasteiger partial charge in [-0.25, -0.2) is 4.39 Å². The topological polar surface area (TPSA) is 73.6 Å². The Labute approximate surface area is 152 Å². The minimum Gasteiger partial charge on any atom is -0.497 e. The van der Waals surface area contributed by atoms with Gasteiger partial charge in [-0.2, -0.15) is 0 Å². The molecule has 0 aliphatic carbocycles. The van der Waals surface area contributed by atoms with E-state index in [0.717, 1.165) is 49.8 Å². The quantitative estimate of drug-likeness (QED) is 0.374. The molecule has 0 saturated heterocycles. The van der Waals surface area contributed by atoms with Crippen molar-refractivity contribution in [2.24, 2.45) is 0 Å². The predicted octanol–water partition coefficient (Wildman–Crippen LogP) is 3.73. The van der Waals surface area contributed by atoms with E-state index in [1.54, 1.807) is 7.11 Å². The van der Waals surface area contributed by atoms with Gasteiger partial charge in [-0.3, -0.25) is 10.1 Å². The molecule has 0 aromatic heterocycles. The summed E-state index contributed by atoms with van der Waals surface area (Å²) in [7, 11) is 1.65. The first-order valence-corrected chi connectivity index (χ1v) is 8.50. The first kappa shape index (κ1) is 19.7. The molecular formula is C19H23FN2O4. The Kier molecular flexibility index (Phi) is 7.82. The third-order valence-electron chi connectivity index (χ3n) is 3.88. The molecule has 140 valence electrons. The van der Waals surface area contributed by atoms with E-state index in [9.17, 15) is 14.5 Å². The van der Waals surface area contributed by atoms with Gasteiger partial charge in [-0.15, -0.1) is 0 Å². The van der Waals surface area contributed by atoms with Gasteiger partial charge in [-0.05, 0) is 49.6 Å². The number of unbranched alkanes of at least 4 members (excludes halogenated alkanes) is 1. The van der Waals surface area contributed by atoms with E-state index in [4.69, 9.17) is 9.47 Å². The van der Waals surface area contributed by atoms with E-state index in [1.807, 2.05) is 12.1 Å². The zero-order chi connectivity index (χ0) is 18.8. The van der Waals surface area contributed by atoms with Gasteiger partial charge in [0.15, 0.2) is 5.75 Å². The van der Waals surface area contributed by atoms with Crippen LogP contribution in [0.2, 0.25) is 0 Å². The van der Waals surface area contributed by atoms with Crippen molar-refractivity contribution < 1.29 is 18.8 Å². The van der Waals surface area contributed by atoms with Crippen molar-refractivity contribution in [2.45, 2.75) is 19.3 Å². The number of ether oxygens (including phenoxy) is 2. The second-order valence-corrected chi connectivity index (χ2v) is 5.77. The summed E-state index contributed by atoms with van der Waals surface area (Å²) in [5.74, 6) is 0.252. The molecule has 2 rings (SSSR count). The van der Waals surface area contributed by atoms with Crippen LogP contribution < -0.4 is 14.8 Å². The van der Waals surface area contributed by atoms with Crippen LogP contribution in [-0.2, 0) is 6.42 Å². The minimum atomic E-state index is -0.582. The lowest BCUT2D eigenvalue weighted by Crippen LogP contribution is -2.22. The maximum atomic E-state index is 13.2. The second-order valence-electron chi connectivity index (χ2n) is 5.77. The summed E-state index contributed by atoms with van der Waals surface area (Å²) in [6.07, 6.45) is 3.05. The lowest BCUT2D eigenvalue weighted by Gasteiger charge is -2.08. The SMILES string of the molecule is COc1ccc(CCCCNCCOc2cc(F)ccc2[N+](=O)[O-])cc1. The molecule has 7 heteroatoms. The van der Waals surface area contributed by atoms with Crippen molar-refractivity contribution in [3.63, 3.8) is 0 Å². The molecule has 0 aliphatic heterocycles. The number of halogens is 1. The van der Waals surface area contributed by atoms with E-state index in [1.165, 1.54) is 5.56 Å². The fraction of sp³-hybridized carbons (Fsp3) is 0.368. The maximum Gasteiger partial charge on any atom is 0.311 e. The molecule has 0 radical (unpaired) electrons. The predicted molar refractivity (Wildman–Crippen MR) is 97.4 cm³/mol. The number of hydrogen-bond donors (Lipinski definition) is 1. The van der Waals surface area contributed by atoms with Gasteiger partial charge in [0, 0.05) is 18.7 Å². The smallest absolute Gasteiger partial charge is 0.311 e. The fourth-order valence-electron chi connectivity index (χ4n) is 2.48. The van der Waals surface area contributed by atoms with Gasteiger partial charge in [0.05, 0.1) is 12.0 Å². The number of nitrogens with zero attached hydrogens (tertiary/aromatic N) is 1. The summed E-state index contributed by atoms with van der Waals surface area (Å²) in [5.41, 5.74) is 1.04. The van der Waals surface area contributed by atoms with Gasteiger partial charge < -0.3 is 14.8 Å². The average molecular weight is 362 g/mol. The summed E-state index contributed by atoms with van der Waals surface area (Å²) < 4.78 is 23.6. The Morgan fingerprint density at radius 2 is 1.88 bits per heavy atom. The van der Waals surface area contributed by atoms with Crippen LogP contribution in [-0.4, -0.2) is 31.7 Å². The molecule has 0 spiro atoms. The molecule has 0 heterocycles. The van der Waals surface area contributed by atoms with Crippen molar-refractivity contribution in [1.82, 2.24) is 5.32 Å². The molecule has 1 N–H and O–H groups in total. The summed E-state index contributed by atoms with van der Waals surface area (Å²) in [6.45, 7) is 1.60. The fourth-order valence-corrected chi connectivity index (χ4v) is 2.48. The standard InChI is InChI=1S/C19H23FN2O4/c1-25-17-8-5-15(6-9-17)4-2-3-11-21-12-13-26-19-14-16(20)7-10-18(19)22(23)24/h5-10,14,21H,2-4,11-13H2,1H3. The second kappa shape index (κ2) is 10.4. The van der Waals surface area contributed by atoms with Gasteiger partial charge >= 0.3 is 5.69 Å². The highest BCUT2D eigenvalue weighted by atomic mass is 19.1. The molecule has 0 saturated carbocycles. The Morgan fingerprint density at radius 3 is 2.58 bits per heavy atom. The molecular weight excluding hydrogens is 339 g/mol. The van der Waals surface area contributed by atoms with E-state index >= 15 is 0 Å². The third-order valence-corrected chi connectivity index (χ3v) is 3.88. The molecule has 26 heavy (non-hydrogen) atoms. The lowest BCUT2D eigenvalue weighted by atomic mass is 10.1. The summed E-state index contributed by atoms with van der Waals surface area (Å²) >= 11 is 0. The number of benzene rings is 2. The van der Waals surface area contributed by atoms with Crippen LogP contribution in [0.5, 0.6) is 11.5 Å². The zero-order valence-corrected chi connectivity index (χ0v) is 14.7. The molecule has 0 fully saturated rings. The molecule has 0 unspecified atom stereocenters. The molecule has 0 bridgehead atoms. The van der Waals surface area contributed by atoms with Crippen LogP contribution in [0.25, 0.3) is 0 Å². The summed E-state index contributed by atoms with van der Waals surface area (Å²) in [5, 5.41) is 14.1. The van der Waals surface area contributed by atoms with E-state index in [0.29, 0.717) is 6.54 Å². The normalized spacial score (nSPS) is 10.5. The highest BCUT2D eigenvalue weighted by Gasteiger charge is 2.15. The number of rotatable bonds is 11. The molecule has 0 atom stereocenters.